The van der Waals surface area contributed by atoms with E-state index in [1.54, 1.807) is 13.3 Å². The van der Waals surface area contributed by atoms with E-state index in [4.69, 9.17) is 4.74 Å². The first-order valence-electron chi connectivity index (χ1n) is 6.84. The van der Waals surface area contributed by atoms with Crippen molar-refractivity contribution in [1.29, 1.82) is 0 Å². The molecule has 1 N–H and O–H groups in total. The minimum atomic E-state index is -1.07. The lowest BCUT2D eigenvalue weighted by Crippen LogP contribution is -2.30. The molecule has 1 atom stereocenters. The van der Waals surface area contributed by atoms with Crippen LogP contribution < -0.4 is 4.74 Å². The summed E-state index contributed by atoms with van der Waals surface area (Å²) in [6.07, 6.45) is 2.33. The number of ether oxygens (including phenoxy) is 1. The van der Waals surface area contributed by atoms with Crippen LogP contribution in [-0.4, -0.2) is 17.2 Å². The average Bonchev–Trinajstić information content (AvgIpc) is 2.47. The molecular weight excluding hydrogens is 250 g/mol. The first-order valence-corrected chi connectivity index (χ1v) is 6.84. The molecule has 0 aliphatic carbocycles. The molecule has 0 spiro atoms. The van der Waals surface area contributed by atoms with E-state index in [2.05, 4.69) is 18.8 Å². The molecule has 0 aliphatic heterocycles. The minimum absolute atomic E-state index is 0.351. The molecule has 0 unspecified atom stereocenters. The van der Waals surface area contributed by atoms with Crippen LogP contribution in [0.4, 0.5) is 0 Å². The van der Waals surface area contributed by atoms with Gasteiger partial charge in [0.1, 0.15) is 11.4 Å². The number of pyridine rings is 1. The molecule has 2 rings (SSSR count). The Morgan fingerprint density at radius 2 is 1.85 bits per heavy atom. The molecule has 3 heteroatoms. The highest BCUT2D eigenvalue weighted by atomic mass is 16.5. The zero-order valence-electron chi connectivity index (χ0n) is 12.2. The molecule has 1 aromatic heterocycles. The third-order valence-electron chi connectivity index (χ3n) is 3.36. The van der Waals surface area contributed by atoms with E-state index in [9.17, 15) is 5.11 Å². The summed E-state index contributed by atoms with van der Waals surface area (Å²) in [5.74, 6) is 1.13. The Bertz CT molecular complexity index is 537. The average molecular weight is 271 g/mol. The summed E-state index contributed by atoms with van der Waals surface area (Å²) in [6.45, 7) is 4.19. The van der Waals surface area contributed by atoms with Gasteiger partial charge >= 0.3 is 0 Å². The van der Waals surface area contributed by atoms with Crippen LogP contribution in [0.1, 0.15) is 31.5 Å². The quantitative estimate of drug-likeness (QED) is 0.906. The second-order valence-electron chi connectivity index (χ2n) is 5.40. The first kappa shape index (κ1) is 14.5. The van der Waals surface area contributed by atoms with Crippen LogP contribution in [0.25, 0.3) is 0 Å². The normalized spacial score (nSPS) is 14.1. The maximum atomic E-state index is 11.2. The van der Waals surface area contributed by atoms with Crippen molar-refractivity contribution in [3.8, 4) is 5.75 Å². The standard InChI is InChI=1S/C17H21NO2/c1-13(2)12-17(19,16-6-4-5-11-18-16)14-7-9-15(20-3)10-8-14/h4-11,13,19H,12H2,1-3H3/t17-/m1/s1. The highest BCUT2D eigenvalue weighted by molar-refractivity contribution is 5.36. The molecule has 0 bridgehead atoms. The summed E-state index contributed by atoms with van der Waals surface area (Å²) in [7, 11) is 1.63. The first-order chi connectivity index (χ1) is 9.56. The molecular formula is C17H21NO2. The number of methoxy groups -OCH3 is 1. The number of hydrogen-bond donors (Lipinski definition) is 1. The molecule has 20 heavy (non-hydrogen) atoms. The predicted octanol–water partition coefficient (Wildman–Crippen LogP) is 3.37. The fraction of sp³-hybridized carbons (Fsp3) is 0.353. The van der Waals surface area contributed by atoms with Crippen molar-refractivity contribution in [2.75, 3.05) is 7.11 Å². The summed E-state index contributed by atoms with van der Waals surface area (Å²) < 4.78 is 5.17. The van der Waals surface area contributed by atoms with Crippen LogP contribution in [-0.2, 0) is 5.60 Å². The zero-order valence-corrected chi connectivity index (χ0v) is 12.2. The number of benzene rings is 1. The second-order valence-corrected chi connectivity index (χ2v) is 5.40. The maximum absolute atomic E-state index is 11.2. The Morgan fingerprint density at radius 1 is 1.15 bits per heavy atom. The van der Waals surface area contributed by atoms with E-state index in [0.29, 0.717) is 18.0 Å². The number of rotatable bonds is 5. The van der Waals surface area contributed by atoms with Gasteiger partial charge < -0.3 is 9.84 Å². The van der Waals surface area contributed by atoms with Crippen LogP contribution in [0, 0.1) is 5.92 Å². The van der Waals surface area contributed by atoms with Gasteiger partial charge in [0.15, 0.2) is 0 Å². The number of aliphatic hydroxyl groups is 1. The molecule has 1 aromatic carbocycles. The Balaban J connectivity index is 2.45. The number of hydrogen-bond acceptors (Lipinski definition) is 3. The number of aromatic nitrogens is 1. The molecule has 0 aliphatic rings. The van der Waals surface area contributed by atoms with Crippen molar-refractivity contribution in [3.63, 3.8) is 0 Å². The second kappa shape index (κ2) is 6.06. The Morgan fingerprint density at radius 3 is 2.35 bits per heavy atom. The van der Waals surface area contributed by atoms with Gasteiger partial charge in [0, 0.05) is 6.20 Å². The zero-order chi connectivity index (χ0) is 14.6. The predicted molar refractivity (Wildman–Crippen MR) is 79.7 cm³/mol. The van der Waals surface area contributed by atoms with Crippen molar-refractivity contribution in [3.05, 3.63) is 59.9 Å². The van der Waals surface area contributed by atoms with Gasteiger partial charge in [-0.2, -0.15) is 0 Å². The molecule has 2 aromatic rings. The van der Waals surface area contributed by atoms with Gasteiger partial charge in [-0.15, -0.1) is 0 Å². The van der Waals surface area contributed by atoms with Gasteiger partial charge in [-0.05, 0) is 42.2 Å². The molecule has 1 heterocycles. The monoisotopic (exact) mass is 271 g/mol. The van der Waals surface area contributed by atoms with E-state index < -0.39 is 5.60 Å². The van der Waals surface area contributed by atoms with Gasteiger partial charge in [0.2, 0.25) is 0 Å². The van der Waals surface area contributed by atoms with Gasteiger partial charge in [0.05, 0.1) is 12.8 Å². The SMILES string of the molecule is COc1ccc([C@](O)(CC(C)C)c2ccccn2)cc1. The van der Waals surface area contributed by atoms with Crippen molar-refractivity contribution >= 4 is 0 Å². The Hall–Kier alpha value is -1.87. The summed E-state index contributed by atoms with van der Waals surface area (Å²) in [6, 6.07) is 13.1. The van der Waals surface area contributed by atoms with Crippen LogP contribution in [0.2, 0.25) is 0 Å². The summed E-state index contributed by atoms with van der Waals surface area (Å²) in [5, 5.41) is 11.2. The number of nitrogens with zero attached hydrogens (tertiary/aromatic N) is 1. The third kappa shape index (κ3) is 2.99. The fourth-order valence-electron chi connectivity index (χ4n) is 2.44. The third-order valence-corrected chi connectivity index (χ3v) is 3.36. The molecule has 0 saturated heterocycles. The Labute approximate surface area is 120 Å². The Kier molecular flexibility index (Phi) is 4.40. The van der Waals surface area contributed by atoms with Gasteiger partial charge in [-0.25, -0.2) is 0 Å². The molecule has 0 radical (unpaired) electrons. The van der Waals surface area contributed by atoms with Crippen molar-refractivity contribution in [2.24, 2.45) is 5.92 Å². The summed E-state index contributed by atoms with van der Waals surface area (Å²) in [4.78, 5) is 4.34. The lowest BCUT2D eigenvalue weighted by Gasteiger charge is -2.30. The van der Waals surface area contributed by atoms with Gasteiger partial charge in [-0.3, -0.25) is 4.98 Å². The molecule has 106 valence electrons. The van der Waals surface area contributed by atoms with E-state index in [0.717, 1.165) is 11.3 Å². The summed E-state index contributed by atoms with van der Waals surface area (Å²) in [5.41, 5.74) is 0.450. The van der Waals surface area contributed by atoms with Crippen LogP contribution in [0.5, 0.6) is 5.75 Å². The molecule has 0 saturated carbocycles. The van der Waals surface area contributed by atoms with E-state index in [-0.39, 0.29) is 0 Å². The minimum Gasteiger partial charge on any atom is -0.497 e. The topological polar surface area (TPSA) is 42.4 Å². The van der Waals surface area contributed by atoms with Crippen LogP contribution in [0.15, 0.2) is 48.7 Å². The van der Waals surface area contributed by atoms with Crippen molar-refractivity contribution in [1.82, 2.24) is 4.98 Å². The fourth-order valence-corrected chi connectivity index (χ4v) is 2.44. The molecule has 0 fully saturated rings. The molecule has 3 nitrogen and oxygen atoms in total. The largest absolute Gasteiger partial charge is 0.497 e. The highest BCUT2D eigenvalue weighted by Crippen LogP contribution is 2.35. The van der Waals surface area contributed by atoms with Gasteiger partial charge in [0.25, 0.3) is 0 Å². The van der Waals surface area contributed by atoms with Crippen molar-refractivity contribution in [2.45, 2.75) is 25.9 Å². The van der Waals surface area contributed by atoms with E-state index in [1.807, 2.05) is 42.5 Å². The lowest BCUT2D eigenvalue weighted by molar-refractivity contribution is 0.0530. The highest BCUT2D eigenvalue weighted by Gasteiger charge is 2.33. The van der Waals surface area contributed by atoms with E-state index >= 15 is 0 Å². The smallest absolute Gasteiger partial charge is 0.132 e. The van der Waals surface area contributed by atoms with Crippen LogP contribution in [0.3, 0.4) is 0 Å². The summed E-state index contributed by atoms with van der Waals surface area (Å²) >= 11 is 0. The maximum Gasteiger partial charge on any atom is 0.132 e. The van der Waals surface area contributed by atoms with Gasteiger partial charge in [-0.1, -0.05) is 32.0 Å². The van der Waals surface area contributed by atoms with Crippen molar-refractivity contribution < 1.29 is 9.84 Å². The van der Waals surface area contributed by atoms with Crippen LogP contribution >= 0.6 is 0 Å². The molecule has 0 amide bonds. The van der Waals surface area contributed by atoms with E-state index in [1.165, 1.54) is 0 Å². The lowest BCUT2D eigenvalue weighted by atomic mass is 9.82.